The first-order chi connectivity index (χ1) is 12.0. The van der Waals surface area contributed by atoms with E-state index >= 15 is 0 Å². The second kappa shape index (κ2) is 7.34. The lowest BCUT2D eigenvalue weighted by Crippen LogP contribution is -2.69. The van der Waals surface area contributed by atoms with Crippen molar-refractivity contribution < 1.29 is 29.0 Å². The SMILES string of the molecule is O=CNC1C(=O)N2C(C(=O)O)=C(COC(=O)N3CCCCC3)CS[C@@H]12. The van der Waals surface area contributed by atoms with Gasteiger partial charge in [-0.15, -0.1) is 11.8 Å². The molecule has 2 fully saturated rings. The van der Waals surface area contributed by atoms with Gasteiger partial charge in [0, 0.05) is 24.4 Å². The number of nitrogens with one attached hydrogen (secondary N) is 1. The summed E-state index contributed by atoms with van der Waals surface area (Å²) < 4.78 is 5.26. The lowest BCUT2D eigenvalue weighted by Gasteiger charge is -2.49. The molecule has 9 nitrogen and oxygen atoms in total. The van der Waals surface area contributed by atoms with E-state index in [9.17, 15) is 24.3 Å². The number of rotatable bonds is 5. The highest BCUT2D eigenvalue weighted by molar-refractivity contribution is 8.00. The number of fused-ring (bicyclic) bond motifs is 1. The van der Waals surface area contributed by atoms with Crippen LogP contribution in [0.15, 0.2) is 11.3 Å². The molecule has 2 N–H and O–H groups in total. The minimum absolute atomic E-state index is 0.149. The first-order valence-corrected chi connectivity index (χ1v) is 9.11. The van der Waals surface area contributed by atoms with Gasteiger partial charge in [-0.05, 0) is 19.3 Å². The molecular formula is C15H19N3O6S. The number of β-lactam (4-membered cyclic amide) rings is 1. The zero-order valence-corrected chi connectivity index (χ0v) is 14.3. The molecule has 3 heterocycles. The number of carbonyl (C=O) groups excluding carboxylic acids is 3. The molecule has 0 aliphatic carbocycles. The van der Waals surface area contributed by atoms with Crippen molar-refractivity contribution in [2.75, 3.05) is 25.4 Å². The fourth-order valence-electron chi connectivity index (χ4n) is 3.20. The van der Waals surface area contributed by atoms with Crippen LogP contribution in [-0.2, 0) is 19.1 Å². The molecule has 0 aromatic carbocycles. The minimum atomic E-state index is -1.24. The van der Waals surface area contributed by atoms with Gasteiger partial charge in [0.05, 0.1) is 0 Å². The molecule has 25 heavy (non-hydrogen) atoms. The molecule has 3 aliphatic heterocycles. The van der Waals surface area contributed by atoms with Gasteiger partial charge in [-0.2, -0.15) is 0 Å². The fraction of sp³-hybridized carbons (Fsp3) is 0.600. The fourth-order valence-corrected chi connectivity index (χ4v) is 4.54. The number of hydrogen-bond donors (Lipinski definition) is 2. The summed E-state index contributed by atoms with van der Waals surface area (Å²) in [5.41, 5.74) is 0.237. The number of carbonyl (C=O) groups is 4. The topological polar surface area (TPSA) is 116 Å². The summed E-state index contributed by atoms with van der Waals surface area (Å²) in [7, 11) is 0. The Labute approximate surface area is 148 Å². The van der Waals surface area contributed by atoms with Crippen molar-refractivity contribution >= 4 is 36.1 Å². The van der Waals surface area contributed by atoms with Gasteiger partial charge < -0.3 is 20.1 Å². The third-order valence-electron chi connectivity index (χ3n) is 4.48. The van der Waals surface area contributed by atoms with Gasteiger partial charge in [-0.3, -0.25) is 14.5 Å². The Morgan fingerprint density at radius 2 is 2.04 bits per heavy atom. The van der Waals surface area contributed by atoms with Crippen molar-refractivity contribution in [3.05, 3.63) is 11.3 Å². The molecule has 0 bridgehead atoms. The molecule has 0 spiro atoms. The highest BCUT2D eigenvalue weighted by Crippen LogP contribution is 2.40. The normalized spacial score (nSPS) is 25.8. The highest BCUT2D eigenvalue weighted by atomic mass is 32.2. The Kier molecular flexibility index (Phi) is 5.16. The molecule has 1 unspecified atom stereocenters. The van der Waals surface area contributed by atoms with Crippen LogP contribution in [0.25, 0.3) is 0 Å². The maximum absolute atomic E-state index is 12.1. The number of amides is 3. The first kappa shape index (κ1) is 17.6. The molecular weight excluding hydrogens is 350 g/mol. The van der Waals surface area contributed by atoms with Crippen molar-refractivity contribution in [1.29, 1.82) is 0 Å². The lowest BCUT2D eigenvalue weighted by molar-refractivity contribution is -0.149. The summed E-state index contributed by atoms with van der Waals surface area (Å²) in [5.74, 6) is -1.39. The quantitative estimate of drug-likeness (QED) is 0.517. The molecule has 0 aromatic rings. The summed E-state index contributed by atoms with van der Waals surface area (Å²) in [6.45, 7) is 1.13. The molecule has 2 saturated heterocycles. The van der Waals surface area contributed by atoms with Crippen LogP contribution in [0.1, 0.15) is 19.3 Å². The Hall–Kier alpha value is -2.23. The number of piperidine rings is 1. The summed E-state index contributed by atoms with van der Waals surface area (Å²) in [6.07, 6.45) is 2.93. The van der Waals surface area contributed by atoms with Gasteiger partial charge in [-0.1, -0.05) is 0 Å². The minimum Gasteiger partial charge on any atom is -0.477 e. The molecule has 10 heteroatoms. The molecule has 2 atom stereocenters. The van der Waals surface area contributed by atoms with Crippen LogP contribution in [0.2, 0.25) is 0 Å². The van der Waals surface area contributed by atoms with E-state index in [1.807, 2.05) is 0 Å². The van der Waals surface area contributed by atoms with E-state index in [1.54, 1.807) is 4.90 Å². The van der Waals surface area contributed by atoms with Crippen LogP contribution >= 0.6 is 11.8 Å². The van der Waals surface area contributed by atoms with E-state index in [2.05, 4.69) is 5.32 Å². The Bertz CT molecular complexity index is 631. The van der Waals surface area contributed by atoms with Crippen LogP contribution in [0.5, 0.6) is 0 Å². The van der Waals surface area contributed by atoms with E-state index in [-0.39, 0.29) is 12.3 Å². The van der Waals surface area contributed by atoms with E-state index in [1.165, 1.54) is 11.8 Å². The predicted octanol–water partition coefficient (Wildman–Crippen LogP) is -0.0227. The van der Waals surface area contributed by atoms with E-state index in [0.717, 1.165) is 24.2 Å². The summed E-state index contributed by atoms with van der Waals surface area (Å²) in [4.78, 5) is 49.1. The van der Waals surface area contributed by atoms with Crippen molar-refractivity contribution in [1.82, 2.24) is 15.1 Å². The van der Waals surface area contributed by atoms with E-state index in [4.69, 9.17) is 4.74 Å². The number of carboxylic acids is 1. The molecule has 0 aromatic heterocycles. The predicted molar refractivity (Wildman–Crippen MR) is 87.5 cm³/mol. The number of nitrogens with zero attached hydrogens (tertiary/aromatic N) is 2. The Balaban J connectivity index is 1.69. The third kappa shape index (κ3) is 3.30. The number of thioether (sulfide) groups is 1. The maximum Gasteiger partial charge on any atom is 0.410 e. The largest absolute Gasteiger partial charge is 0.477 e. The Morgan fingerprint density at radius 3 is 2.68 bits per heavy atom. The van der Waals surface area contributed by atoms with Gasteiger partial charge in [-0.25, -0.2) is 9.59 Å². The lowest BCUT2D eigenvalue weighted by atomic mass is 10.0. The zero-order valence-electron chi connectivity index (χ0n) is 13.5. The third-order valence-corrected chi connectivity index (χ3v) is 5.82. The number of carboxylic acid groups (broad SMARTS) is 1. The van der Waals surface area contributed by atoms with Gasteiger partial charge >= 0.3 is 12.1 Å². The first-order valence-electron chi connectivity index (χ1n) is 8.06. The number of aliphatic carboxylic acids is 1. The number of ether oxygens (including phenoxy) is 1. The van der Waals surface area contributed by atoms with Crippen LogP contribution in [0.4, 0.5) is 4.79 Å². The van der Waals surface area contributed by atoms with Gasteiger partial charge in [0.15, 0.2) is 0 Å². The van der Waals surface area contributed by atoms with Crippen LogP contribution < -0.4 is 5.32 Å². The molecule has 3 aliphatic rings. The summed E-state index contributed by atoms with van der Waals surface area (Å²) >= 11 is 1.34. The highest BCUT2D eigenvalue weighted by Gasteiger charge is 2.53. The second-order valence-electron chi connectivity index (χ2n) is 6.03. The smallest absolute Gasteiger partial charge is 0.410 e. The zero-order chi connectivity index (χ0) is 18.0. The van der Waals surface area contributed by atoms with E-state index < -0.39 is 29.4 Å². The second-order valence-corrected chi connectivity index (χ2v) is 7.14. The maximum atomic E-state index is 12.1. The average Bonchev–Trinajstić information content (AvgIpc) is 2.63. The van der Waals surface area contributed by atoms with Crippen LogP contribution in [0, 0.1) is 0 Å². The summed E-state index contributed by atoms with van der Waals surface area (Å²) in [5, 5.41) is 11.4. The monoisotopic (exact) mass is 369 g/mol. The molecule has 136 valence electrons. The van der Waals surface area contributed by atoms with Gasteiger partial charge in [0.2, 0.25) is 6.41 Å². The van der Waals surface area contributed by atoms with Crippen molar-refractivity contribution in [2.24, 2.45) is 0 Å². The standard InChI is InChI=1S/C15H19N3O6S/c19-8-16-10-12(20)18-11(14(21)22)9(7-25-13(10)18)6-24-15(23)17-4-2-1-3-5-17/h8,10,13H,1-7H2,(H,16,19)(H,21,22)/t10?,13-/m0/s1. The van der Waals surface area contributed by atoms with Gasteiger partial charge in [0.1, 0.15) is 23.7 Å². The van der Waals surface area contributed by atoms with Crippen LogP contribution in [0.3, 0.4) is 0 Å². The molecule has 3 rings (SSSR count). The van der Waals surface area contributed by atoms with Crippen LogP contribution in [-0.4, -0.2) is 76.2 Å². The van der Waals surface area contributed by atoms with Gasteiger partial charge in [0.25, 0.3) is 5.91 Å². The number of hydrogen-bond acceptors (Lipinski definition) is 6. The van der Waals surface area contributed by atoms with Crippen molar-refractivity contribution in [3.8, 4) is 0 Å². The molecule has 0 saturated carbocycles. The van der Waals surface area contributed by atoms with E-state index in [0.29, 0.717) is 30.8 Å². The Morgan fingerprint density at radius 1 is 1.32 bits per heavy atom. The summed E-state index contributed by atoms with van der Waals surface area (Å²) in [6, 6.07) is -0.714. The van der Waals surface area contributed by atoms with Crippen molar-refractivity contribution in [3.63, 3.8) is 0 Å². The van der Waals surface area contributed by atoms with Crippen molar-refractivity contribution in [2.45, 2.75) is 30.7 Å². The molecule has 3 amide bonds. The molecule has 0 radical (unpaired) electrons. The number of likely N-dealkylation sites (tertiary alicyclic amines) is 1. The average molecular weight is 369 g/mol.